The fraction of sp³-hybridized carbons (Fsp3) is 0.400. The topological polar surface area (TPSA) is 155 Å². The second kappa shape index (κ2) is 13.5. The maximum atomic E-state index is 14.5. The normalized spacial score (nSPS) is 16.7. The Hall–Kier alpha value is -4.76. The Bertz CT molecular complexity index is 1700. The number of nitrogens with zero attached hydrogens (tertiary/aromatic N) is 6. The lowest BCUT2D eigenvalue weighted by Crippen LogP contribution is -2.52. The van der Waals surface area contributed by atoms with Gasteiger partial charge in [0.1, 0.15) is 17.9 Å². The highest BCUT2D eigenvalue weighted by Crippen LogP contribution is 2.34. The average molecular weight is 625 g/mol. The summed E-state index contributed by atoms with van der Waals surface area (Å²) in [7, 11) is 3.94. The van der Waals surface area contributed by atoms with Crippen LogP contribution in [0, 0.1) is 0 Å². The van der Waals surface area contributed by atoms with Crippen molar-refractivity contribution in [2.75, 3.05) is 40.3 Å². The first-order chi connectivity index (χ1) is 21.5. The summed E-state index contributed by atoms with van der Waals surface area (Å²) in [5.41, 5.74) is 1.96. The fourth-order valence-corrected chi connectivity index (χ4v) is 5.21. The summed E-state index contributed by atoms with van der Waals surface area (Å²) in [6, 6.07) is 12.1. The molecule has 0 bridgehead atoms. The molecule has 2 aromatic carbocycles. The molecule has 2 aromatic heterocycles. The van der Waals surface area contributed by atoms with Crippen molar-refractivity contribution in [1.82, 2.24) is 40.4 Å². The molecule has 3 N–H and O–H groups in total. The Labute approximate surface area is 257 Å². The number of benzene rings is 2. The van der Waals surface area contributed by atoms with Gasteiger partial charge in [-0.15, -0.1) is 5.10 Å². The van der Waals surface area contributed by atoms with Gasteiger partial charge in [0.05, 0.1) is 42.3 Å². The zero-order chi connectivity index (χ0) is 32.1. The van der Waals surface area contributed by atoms with Crippen LogP contribution in [0.25, 0.3) is 21.9 Å². The number of aliphatic hydroxyl groups is 1. The van der Waals surface area contributed by atoms with Crippen molar-refractivity contribution < 1.29 is 33.0 Å². The van der Waals surface area contributed by atoms with Crippen LogP contribution in [0.2, 0.25) is 0 Å². The number of carbonyl (C=O) groups is 3. The molecule has 4 aromatic rings. The third-order valence-corrected chi connectivity index (χ3v) is 7.46. The minimum atomic E-state index is -3.34. The molecular formula is C30H34F2N8O5. The van der Waals surface area contributed by atoms with E-state index in [4.69, 9.17) is 4.74 Å². The van der Waals surface area contributed by atoms with Gasteiger partial charge < -0.3 is 30.3 Å². The first-order valence-electron chi connectivity index (χ1n) is 14.4. The van der Waals surface area contributed by atoms with Gasteiger partial charge in [-0.1, -0.05) is 17.3 Å². The quantitative estimate of drug-likeness (QED) is 0.199. The number of ether oxygens (including phenoxy) is 1. The highest BCUT2D eigenvalue weighted by atomic mass is 19.3. The van der Waals surface area contributed by atoms with E-state index in [1.807, 2.05) is 19.0 Å². The minimum absolute atomic E-state index is 0.174. The number of nitrogens with one attached hydrogen (secondary N) is 2. The predicted octanol–water partition coefficient (Wildman–Crippen LogP) is 1.41. The molecule has 0 aliphatic carbocycles. The number of pyridine rings is 1. The van der Waals surface area contributed by atoms with Gasteiger partial charge in [0, 0.05) is 24.5 Å². The van der Waals surface area contributed by atoms with Crippen LogP contribution in [-0.2, 0) is 16.3 Å². The number of halogens is 2. The van der Waals surface area contributed by atoms with Crippen molar-refractivity contribution >= 4 is 39.7 Å². The molecule has 3 heterocycles. The van der Waals surface area contributed by atoms with E-state index in [-0.39, 0.29) is 12.2 Å². The SMILES string of the molecule is CN(C)CCCOc1ccc2nccc(C(=O)NCC(=O)N3CC(F)(F)C[C@H]3C(O)C(=O)NCn3nnc4ccccc43)c2c1. The van der Waals surface area contributed by atoms with E-state index in [9.17, 15) is 28.3 Å². The fourth-order valence-electron chi connectivity index (χ4n) is 5.21. The lowest BCUT2D eigenvalue weighted by Gasteiger charge is -2.27. The number of para-hydroxylation sites is 1. The Kier molecular flexibility index (Phi) is 9.48. The number of hydrogen-bond acceptors (Lipinski definition) is 9. The maximum Gasteiger partial charge on any atom is 0.267 e. The van der Waals surface area contributed by atoms with E-state index in [0.29, 0.717) is 34.3 Å². The first kappa shape index (κ1) is 31.7. The molecule has 3 amide bonds. The standard InChI is InChI=1S/C30H34F2N8O5/c1-38(2)12-5-13-45-19-8-9-22-21(14-19)20(10-11-33-22)28(43)34-16-26(41)39-17-30(31,32)15-25(39)27(42)29(44)35-18-40-24-7-4-3-6-23(24)36-37-40/h3-4,6-11,14,25,27,42H,5,12-13,15-18H2,1-2H3,(H,34,43)(H,35,44)/t25-,27?/m0/s1. The molecule has 0 radical (unpaired) electrons. The van der Waals surface area contributed by atoms with E-state index in [2.05, 4.69) is 25.9 Å². The van der Waals surface area contributed by atoms with Gasteiger partial charge in [0.2, 0.25) is 5.91 Å². The smallest absolute Gasteiger partial charge is 0.267 e. The van der Waals surface area contributed by atoms with E-state index in [1.54, 1.807) is 42.5 Å². The highest BCUT2D eigenvalue weighted by molar-refractivity contribution is 6.07. The lowest BCUT2D eigenvalue weighted by molar-refractivity contribution is -0.139. The Morgan fingerprint density at radius 3 is 2.73 bits per heavy atom. The highest BCUT2D eigenvalue weighted by Gasteiger charge is 2.51. The Morgan fingerprint density at radius 1 is 1.13 bits per heavy atom. The predicted molar refractivity (Wildman–Crippen MR) is 159 cm³/mol. The van der Waals surface area contributed by atoms with Crippen molar-refractivity contribution in [3.63, 3.8) is 0 Å². The van der Waals surface area contributed by atoms with Crippen LogP contribution in [0.3, 0.4) is 0 Å². The zero-order valence-corrected chi connectivity index (χ0v) is 24.8. The van der Waals surface area contributed by atoms with E-state index in [0.717, 1.165) is 17.9 Å². The number of likely N-dealkylation sites (tertiary alicyclic amines) is 1. The van der Waals surface area contributed by atoms with E-state index < -0.39 is 55.3 Å². The number of hydrogen-bond donors (Lipinski definition) is 3. The van der Waals surface area contributed by atoms with Crippen molar-refractivity contribution in [1.29, 1.82) is 0 Å². The van der Waals surface area contributed by atoms with Crippen LogP contribution in [-0.4, -0.2) is 111 Å². The van der Waals surface area contributed by atoms with Crippen LogP contribution in [0.4, 0.5) is 8.78 Å². The summed E-state index contributed by atoms with van der Waals surface area (Å²) in [4.78, 5) is 46.0. The Balaban J connectivity index is 1.21. The molecule has 1 aliphatic heterocycles. The second-order valence-electron chi connectivity index (χ2n) is 11.1. The molecule has 5 rings (SSSR count). The van der Waals surface area contributed by atoms with Gasteiger partial charge in [0.25, 0.3) is 17.7 Å². The Morgan fingerprint density at radius 2 is 1.93 bits per heavy atom. The van der Waals surface area contributed by atoms with Crippen molar-refractivity contribution in [2.45, 2.75) is 37.6 Å². The number of carbonyl (C=O) groups excluding carboxylic acids is 3. The molecule has 238 valence electrons. The molecule has 0 spiro atoms. The van der Waals surface area contributed by atoms with Crippen LogP contribution in [0.5, 0.6) is 5.75 Å². The van der Waals surface area contributed by atoms with Gasteiger partial charge in [-0.25, -0.2) is 13.5 Å². The minimum Gasteiger partial charge on any atom is -0.494 e. The summed E-state index contributed by atoms with van der Waals surface area (Å²) < 4.78 is 36.1. The number of amides is 3. The monoisotopic (exact) mass is 624 g/mol. The lowest BCUT2D eigenvalue weighted by atomic mass is 10.1. The largest absolute Gasteiger partial charge is 0.494 e. The molecule has 0 saturated carbocycles. The molecule has 1 fully saturated rings. The van der Waals surface area contributed by atoms with Crippen LogP contribution < -0.4 is 15.4 Å². The van der Waals surface area contributed by atoms with Crippen molar-refractivity contribution in [3.8, 4) is 5.75 Å². The molecule has 1 saturated heterocycles. The third-order valence-electron chi connectivity index (χ3n) is 7.46. The summed E-state index contributed by atoms with van der Waals surface area (Å²) in [6.45, 7) is -0.482. The molecule has 2 atom stereocenters. The molecule has 1 aliphatic rings. The van der Waals surface area contributed by atoms with Gasteiger partial charge in [0.15, 0.2) is 6.10 Å². The molecule has 45 heavy (non-hydrogen) atoms. The second-order valence-corrected chi connectivity index (χ2v) is 11.1. The summed E-state index contributed by atoms with van der Waals surface area (Å²) in [6.07, 6.45) is -0.613. The van der Waals surface area contributed by atoms with Gasteiger partial charge in [-0.3, -0.25) is 19.4 Å². The number of fused-ring (bicyclic) bond motifs is 2. The third kappa shape index (κ3) is 7.49. The summed E-state index contributed by atoms with van der Waals surface area (Å²) in [5, 5.41) is 24.1. The van der Waals surface area contributed by atoms with Gasteiger partial charge in [-0.05, 0) is 56.9 Å². The molecule has 13 nitrogen and oxygen atoms in total. The zero-order valence-electron chi connectivity index (χ0n) is 24.8. The molecule has 1 unspecified atom stereocenters. The number of rotatable bonds is 12. The average Bonchev–Trinajstić information content (AvgIpc) is 3.59. The molecular weight excluding hydrogens is 590 g/mol. The van der Waals surface area contributed by atoms with Crippen LogP contribution in [0.15, 0.2) is 54.7 Å². The van der Waals surface area contributed by atoms with Crippen molar-refractivity contribution in [3.05, 3.63) is 60.3 Å². The number of aromatic nitrogens is 4. The first-order valence-corrected chi connectivity index (χ1v) is 14.4. The van der Waals surface area contributed by atoms with Crippen molar-refractivity contribution in [2.24, 2.45) is 0 Å². The van der Waals surface area contributed by atoms with E-state index in [1.165, 1.54) is 16.9 Å². The number of aliphatic hydroxyl groups excluding tert-OH is 1. The number of alkyl halides is 2. The van der Waals surface area contributed by atoms with Gasteiger partial charge in [-0.2, -0.15) is 0 Å². The van der Waals surface area contributed by atoms with Gasteiger partial charge >= 0.3 is 0 Å². The maximum absolute atomic E-state index is 14.5. The summed E-state index contributed by atoms with van der Waals surface area (Å²) >= 11 is 0. The molecule has 15 heteroatoms. The van der Waals surface area contributed by atoms with Crippen LogP contribution in [0.1, 0.15) is 23.2 Å². The summed E-state index contributed by atoms with van der Waals surface area (Å²) in [5.74, 6) is -5.24. The van der Waals surface area contributed by atoms with E-state index >= 15 is 0 Å². The van der Waals surface area contributed by atoms with Crippen LogP contribution >= 0.6 is 0 Å².